The molecule has 1 aliphatic rings. The number of aliphatic carboxylic acids is 1. The van der Waals surface area contributed by atoms with Crippen molar-refractivity contribution in [1.82, 2.24) is 9.88 Å². The summed E-state index contributed by atoms with van der Waals surface area (Å²) in [6.45, 7) is -0.239. The van der Waals surface area contributed by atoms with Crippen molar-refractivity contribution in [2.24, 2.45) is 0 Å². The fourth-order valence-electron chi connectivity index (χ4n) is 2.03. The van der Waals surface area contributed by atoms with Crippen molar-refractivity contribution in [3.05, 3.63) is 29.0 Å². The molecule has 0 radical (unpaired) electrons. The molecule has 0 atom stereocenters. The van der Waals surface area contributed by atoms with E-state index < -0.39 is 5.97 Å². The van der Waals surface area contributed by atoms with Gasteiger partial charge >= 0.3 is 5.97 Å². The van der Waals surface area contributed by atoms with E-state index in [4.69, 9.17) is 16.7 Å². The van der Waals surface area contributed by atoms with Crippen molar-refractivity contribution in [1.29, 1.82) is 0 Å². The number of hydrogen-bond donors (Lipinski definition) is 1. The van der Waals surface area contributed by atoms with Crippen molar-refractivity contribution in [2.75, 3.05) is 6.54 Å². The number of aromatic nitrogens is 1. The second kappa shape index (κ2) is 6.02. The molecule has 1 N–H and O–H groups in total. The van der Waals surface area contributed by atoms with E-state index in [1.807, 2.05) is 0 Å². The molecule has 0 aliphatic heterocycles. The van der Waals surface area contributed by atoms with Crippen LogP contribution in [0, 0.1) is 0 Å². The summed E-state index contributed by atoms with van der Waals surface area (Å²) in [5.74, 6) is -1.17. The van der Waals surface area contributed by atoms with E-state index in [1.165, 1.54) is 11.1 Å². The predicted molar refractivity (Wildman–Crippen MR) is 69.9 cm³/mol. The molecule has 1 fully saturated rings. The molecule has 102 valence electrons. The molecule has 5 nitrogen and oxygen atoms in total. The van der Waals surface area contributed by atoms with Crippen LogP contribution in [0.3, 0.4) is 0 Å². The summed E-state index contributed by atoms with van der Waals surface area (Å²) in [7, 11) is 0. The first-order valence-electron chi connectivity index (χ1n) is 6.18. The molecule has 19 heavy (non-hydrogen) atoms. The summed E-state index contributed by atoms with van der Waals surface area (Å²) in [5.41, 5.74) is 0.601. The first-order valence-corrected chi connectivity index (χ1v) is 6.56. The Kier molecular flexibility index (Phi) is 4.37. The van der Waals surface area contributed by atoms with E-state index in [1.54, 1.807) is 12.1 Å². The molecule has 6 heteroatoms. The molecule has 1 aromatic heterocycles. The summed E-state index contributed by atoms with van der Waals surface area (Å²) in [6, 6.07) is 3.41. The first kappa shape index (κ1) is 13.8. The van der Waals surface area contributed by atoms with Gasteiger partial charge in [-0.3, -0.25) is 14.6 Å². The highest BCUT2D eigenvalue weighted by Crippen LogP contribution is 2.25. The molecular formula is C13H15ClN2O3. The van der Waals surface area contributed by atoms with Gasteiger partial charge in [0, 0.05) is 17.9 Å². The molecule has 2 rings (SSSR count). The van der Waals surface area contributed by atoms with Gasteiger partial charge in [-0.25, -0.2) is 0 Å². The molecule has 1 saturated carbocycles. The summed E-state index contributed by atoms with van der Waals surface area (Å²) < 4.78 is 0. The normalized spacial score (nSPS) is 14.8. The Morgan fingerprint density at radius 2 is 2.16 bits per heavy atom. The highest BCUT2D eigenvalue weighted by Gasteiger charge is 2.30. The van der Waals surface area contributed by atoms with Gasteiger partial charge < -0.3 is 10.0 Å². The van der Waals surface area contributed by atoms with Gasteiger partial charge in [0.1, 0.15) is 6.54 Å². The second-order valence-electron chi connectivity index (χ2n) is 4.64. The van der Waals surface area contributed by atoms with Crippen molar-refractivity contribution in [2.45, 2.75) is 31.7 Å². The number of carboxylic acid groups (broad SMARTS) is 1. The van der Waals surface area contributed by atoms with Gasteiger partial charge in [0.25, 0.3) is 0 Å². The zero-order valence-electron chi connectivity index (χ0n) is 10.4. The lowest BCUT2D eigenvalue weighted by atomic mass is 9.91. The molecular weight excluding hydrogens is 268 g/mol. The van der Waals surface area contributed by atoms with Gasteiger partial charge in [0.15, 0.2) is 0 Å². The number of carboxylic acids is 1. The van der Waals surface area contributed by atoms with Crippen LogP contribution in [-0.4, -0.2) is 39.5 Å². The quantitative estimate of drug-likeness (QED) is 0.893. The molecule has 0 bridgehead atoms. The minimum absolute atomic E-state index is 0.0656. The van der Waals surface area contributed by atoms with Gasteiger partial charge in [-0.1, -0.05) is 11.6 Å². The predicted octanol–water partition coefficient (Wildman–Crippen LogP) is 1.74. The highest BCUT2D eigenvalue weighted by atomic mass is 35.5. The average molecular weight is 283 g/mol. The van der Waals surface area contributed by atoms with E-state index in [-0.39, 0.29) is 24.9 Å². The number of amides is 1. The second-order valence-corrected chi connectivity index (χ2v) is 5.08. The van der Waals surface area contributed by atoms with E-state index >= 15 is 0 Å². The van der Waals surface area contributed by atoms with Crippen LogP contribution in [0.4, 0.5) is 0 Å². The van der Waals surface area contributed by atoms with Crippen molar-refractivity contribution >= 4 is 23.5 Å². The van der Waals surface area contributed by atoms with Crippen molar-refractivity contribution in [3.8, 4) is 0 Å². The highest BCUT2D eigenvalue weighted by molar-refractivity contribution is 6.30. The van der Waals surface area contributed by atoms with Crippen molar-refractivity contribution < 1.29 is 14.7 Å². The molecule has 1 aliphatic carbocycles. The maximum Gasteiger partial charge on any atom is 0.323 e. The zero-order chi connectivity index (χ0) is 13.8. The smallest absolute Gasteiger partial charge is 0.323 e. The summed E-state index contributed by atoms with van der Waals surface area (Å²) in [4.78, 5) is 28.5. The summed E-state index contributed by atoms with van der Waals surface area (Å²) in [5, 5.41) is 9.39. The molecule has 0 spiro atoms. The molecule has 1 amide bonds. The number of halogens is 1. The van der Waals surface area contributed by atoms with Crippen LogP contribution in [0.1, 0.15) is 25.0 Å². The molecule has 1 heterocycles. The number of rotatable bonds is 5. The van der Waals surface area contributed by atoms with Crippen LogP contribution in [0.5, 0.6) is 0 Å². The SMILES string of the molecule is O=C(O)CN(C(=O)Cc1ccc(Cl)cn1)C1CCC1. The van der Waals surface area contributed by atoms with Crippen LogP contribution < -0.4 is 0 Å². The Balaban J connectivity index is 2.02. The molecule has 1 aromatic rings. The topological polar surface area (TPSA) is 70.5 Å². The van der Waals surface area contributed by atoms with Crippen LogP contribution in [0.15, 0.2) is 18.3 Å². The van der Waals surface area contributed by atoms with E-state index in [9.17, 15) is 9.59 Å². The minimum Gasteiger partial charge on any atom is -0.480 e. The largest absolute Gasteiger partial charge is 0.480 e. The molecule has 0 aromatic carbocycles. The fourth-order valence-corrected chi connectivity index (χ4v) is 2.14. The Hall–Kier alpha value is -1.62. The first-order chi connectivity index (χ1) is 9.06. The Bertz CT molecular complexity index is 471. The lowest BCUT2D eigenvalue weighted by molar-refractivity contribution is -0.147. The van der Waals surface area contributed by atoms with E-state index in [0.717, 1.165) is 19.3 Å². The average Bonchev–Trinajstić information content (AvgIpc) is 2.28. The van der Waals surface area contributed by atoms with Crippen LogP contribution in [-0.2, 0) is 16.0 Å². The van der Waals surface area contributed by atoms with Gasteiger partial charge in [-0.15, -0.1) is 0 Å². The number of carbonyl (C=O) groups is 2. The monoisotopic (exact) mass is 282 g/mol. The van der Waals surface area contributed by atoms with Crippen molar-refractivity contribution in [3.63, 3.8) is 0 Å². The molecule has 0 saturated heterocycles. The maximum atomic E-state index is 12.2. The zero-order valence-corrected chi connectivity index (χ0v) is 11.1. The van der Waals surface area contributed by atoms with E-state index in [0.29, 0.717) is 10.7 Å². The molecule has 0 unspecified atom stereocenters. The third-order valence-corrected chi connectivity index (χ3v) is 3.49. The number of pyridine rings is 1. The number of carbonyl (C=O) groups excluding carboxylic acids is 1. The summed E-state index contributed by atoms with van der Waals surface area (Å²) in [6.07, 6.45) is 4.41. The minimum atomic E-state index is -0.982. The Labute approximate surface area is 116 Å². The van der Waals surface area contributed by atoms with Gasteiger partial charge in [0.2, 0.25) is 5.91 Å². The van der Waals surface area contributed by atoms with Crippen LogP contribution >= 0.6 is 11.6 Å². The Morgan fingerprint density at radius 3 is 2.63 bits per heavy atom. The standard InChI is InChI=1S/C13H15ClN2O3/c14-9-4-5-10(15-7-9)6-12(17)16(8-13(18)19)11-2-1-3-11/h4-5,7,11H,1-3,6,8H2,(H,18,19). The number of hydrogen-bond acceptors (Lipinski definition) is 3. The number of nitrogens with zero attached hydrogens (tertiary/aromatic N) is 2. The van der Waals surface area contributed by atoms with Gasteiger partial charge in [-0.05, 0) is 31.4 Å². The third-order valence-electron chi connectivity index (χ3n) is 3.26. The lowest BCUT2D eigenvalue weighted by Crippen LogP contribution is -2.47. The van der Waals surface area contributed by atoms with Gasteiger partial charge in [-0.2, -0.15) is 0 Å². The van der Waals surface area contributed by atoms with Crippen LogP contribution in [0.25, 0.3) is 0 Å². The maximum absolute atomic E-state index is 12.2. The fraction of sp³-hybridized carbons (Fsp3) is 0.462. The Morgan fingerprint density at radius 1 is 1.42 bits per heavy atom. The van der Waals surface area contributed by atoms with Crippen LogP contribution in [0.2, 0.25) is 5.02 Å². The lowest BCUT2D eigenvalue weighted by Gasteiger charge is -2.36. The van der Waals surface area contributed by atoms with Gasteiger partial charge in [0.05, 0.1) is 11.4 Å². The summed E-state index contributed by atoms with van der Waals surface area (Å²) >= 11 is 5.73. The third kappa shape index (κ3) is 3.67. The van der Waals surface area contributed by atoms with E-state index in [2.05, 4.69) is 4.98 Å².